The van der Waals surface area contributed by atoms with E-state index in [9.17, 15) is 5.11 Å². The number of hydrogen-bond donors (Lipinski definition) is 1. The van der Waals surface area contributed by atoms with Gasteiger partial charge in [0.25, 0.3) is 0 Å². The summed E-state index contributed by atoms with van der Waals surface area (Å²) in [4.78, 5) is 4.83. The van der Waals surface area contributed by atoms with E-state index in [0.29, 0.717) is 0 Å². The number of nitrogens with zero attached hydrogens (tertiary/aromatic N) is 2. The topological polar surface area (TPSA) is 26.7 Å². The van der Waals surface area contributed by atoms with Crippen LogP contribution in [0, 0.1) is 0 Å². The summed E-state index contributed by atoms with van der Waals surface area (Å²) in [5.74, 6) is 0. The highest BCUT2D eigenvalue weighted by atomic mass is 79.9. The van der Waals surface area contributed by atoms with Gasteiger partial charge in [-0.25, -0.2) is 0 Å². The molecule has 2 heterocycles. The van der Waals surface area contributed by atoms with Gasteiger partial charge in [0.1, 0.15) is 0 Å². The van der Waals surface area contributed by atoms with Gasteiger partial charge in [0.05, 0.1) is 9.39 Å². The van der Waals surface area contributed by atoms with E-state index in [-0.39, 0.29) is 0 Å². The van der Waals surface area contributed by atoms with Gasteiger partial charge in [0, 0.05) is 39.3 Å². The van der Waals surface area contributed by atoms with E-state index in [2.05, 4.69) is 37.2 Å². The van der Waals surface area contributed by atoms with E-state index >= 15 is 0 Å². The minimum absolute atomic E-state index is 0.583. The maximum Gasteiger partial charge on any atom is 0.0718 e. The van der Waals surface area contributed by atoms with Crippen molar-refractivity contribution in [1.82, 2.24) is 9.80 Å². The second-order valence-electron chi connectivity index (χ2n) is 5.62. The van der Waals surface area contributed by atoms with Gasteiger partial charge in [-0.3, -0.25) is 9.80 Å². The molecule has 0 unspecified atom stereocenters. The van der Waals surface area contributed by atoms with E-state index in [1.807, 2.05) is 13.8 Å². The van der Waals surface area contributed by atoms with Crippen molar-refractivity contribution < 1.29 is 5.11 Å². The average molecular weight is 333 g/mol. The van der Waals surface area contributed by atoms with Crippen molar-refractivity contribution in [3.05, 3.63) is 20.8 Å². The number of rotatable bonds is 4. The quantitative estimate of drug-likeness (QED) is 0.917. The summed E-state index contributed by atoms with van der Waals surface area (Å²) in [6.45, 7) is 9.84. The molecule has 0 atom stereocenters. The Kier molecular flexibility index (Phi) is 4.83. The third-order valence-corrected chi connectivity index (χ3v) is 4.66. The fourth-order valence-corrected chi connectivity index (χ4v) is 3.54. The highest BCUT2D eigenvalue weighted by Crippen LogP contribution is 2.22. The summed E-state index contributed by atoms with van der Waals surface area (Å²) in [5.41, 5.74) is 0.809. The Bertz CT molecular complexity index is 381. The molecule has 2 rings (SSSR count). The molecule has 1 fully saturated rings. The molecule has 102 valence electrons. The Morgan fingerprint density at radius 2 is 1.89 bits per heavy atom. The molecule has 3 nitrogen and oxygen atoms in total. The van der Waals surface area contributed by atoms with Crippen LogP contribution in [0.5, 0.6) is 0 Å². The lowest BCUT2D eigenvalue weighted by atomic mass is 10.1. The largest absolute Gasteiger partial charge is 0.389 e. The summed E-state index contributed by atoms with van der Waals surface area (Å²) < 4.78 is 1.21. The first-order chi connectivity index (χ1) is 8.42. The smallest absolute Gasteiger partial charge is 0.0718 e. The van der Waals surface area contributed by atoms with Crippen LogP contribution in [0.2, 0.25) is 0 Å². The standard InChI is InChI=1S/C13H21BrN2OS/c1-13(2,17)10-16-5-3-15(4-6-16)8-11-7-12(14)18-9-11/h7,9,17H,3-6,8,10H2,1-2H3. The molecule has 0 aromatic carbocycles. The van der Waals surface area contributed by atoms with Gasteiger partial charge in [0.15, 0.2) is 0 Å². The second-order valence-corrected chi connectivity index (χ2v) is 7.91. The lowest BCUT2D eigenvalue weighted by molar-refractivity contribution is 0.0167. The van der Waals surface area contributed by atoms with Gasteiger partial charge in [-0.1, -0.05) is 0 Å². The molecular weight excluding hydrogens is 312 g/mol. The van der Waals surface area contributed by atoms with E-state index in [4.69, 9.17) is 0 Å². The van der Waals surface area contributed by atoms with Crippen molar-refractivity contribution in [2.75, 3.05) is 32.7 Å². The summed E-state index contributed by atoms with van der Waals surface area (Å²) >= 11 is 5.25. The lowest BCUT2D eigenvalue weighted by Crippen LogP contribution is -2.50. The molecule has 0 radical (unpaired) electrons. The Hall–Kier alpha value is 0.0600. The minimum Gasteiger partial charge on any atom is -0.389 e. The molecule has 0 bridgehead atoms. The highest BCUT2D eigenvalue weighted by molar-refractivity contribution is 9.11. The maximum atomic E-state index is 9.81. The molecular formula is C13H21BrN2OS. The first-order valence-electron chi connectivity index (χ1n) is 6.32. The van der Waals surface area contributed by atoms with Crippen LogP contribution in [0.4, 0.5) is 0 Å². The van der Waals surface area contributed by atoms with Gasteiger partial charge < -0.3 is 5.11 Å². The molecule has 1 aliphatic rings. The Morgan fingerprint density at radius 3 is 2.39 bits per heavy atom. The fourth-order valence-electron chi connectivity index (χ4n) is 2.34. The Morgan fingerprint density at radius 1 is 1.28 bits per heavy atom. The zero-order valence-corrected chi connectivity index (χ0v) is 13.4. The number of aliphatic hydroxyl groups is 1. The van der Waals surface area contributed by atoms with Crippen LogP contribution in [0.25, 0.3) is 0 Å². The van der Waals surface area contributed by atoms with Crippen molar-refractivity contribution >= 4 is 27.3 Å². The van der Waals surface area contributed by atoms with Crippen molar-refractivity contribution in [2.24, 2.45) is 0 Å². The molecule has 1 saturated heterocycles. The number of hydrogen-bond acceptors (Lipinski definition) is 4. The van der Waals surface area contributed by atoms with Crippen LogP contribution in [0.15, 0.2) is 15.2 Å². The summed E-state index contributed by atoms with van der Waals surface area (Å²) in [6.07, 6.45) is 0. The summed E-state index contributed by atoms with van der Waals surface area (Å²) in [7, 11) is 0. The van der Waals surface area contributed by atoms with E-state index in [1.165, 1.54) is 9.35 Å². The van der Waals surface area contributed by atoms with Crippen LogP contribution in [-0.2, 0) is 6.54 Å². The number of piperazine rings is 1. The third kappa shape index (κ3) is 4.63. The third-order valence-electron chi connectivity index (χ3n) is 3.10. The second kappa shape index (κ2) is 6.01. The number of β-amino-alcohol motifs (C(OH)–C–C–N with tert-alkyl or cyclic N) is 1. The minimum atomic E-state index is -0.583. The first kappa shape index (κ1) is 14.5. The van der Waals surface area contributed by atoms with Crippen LogP contribution < -0.4 is 0 Å². The molecule has 18 heavy (non-hydrogen) atoms. The average Bonchev–Trinajstić information content (AvgIpc) is 2.65. The molecule has 1 aromatic heterocycles. The molecule has 0 saturated carbocycles. The van der Waals surface area contributed by atoms with E-state index < -0.39 is 5.60 Å². The van der Waals surface area contributed by atoms with Crippen LogP contribution in [-0.4, -0.2) is 53.2 Å². The molecule has 1 N–H and O–H groups in total. The molecule has 0 aliphatic carbocycles. The first-order valence-corrected chi connectivity index (χ1v) is 8.00. The molecule has 0 spiro atoms. The van der Waals surface area contributed by atoms with Crippen molar-refractivity contribution in [3.8, 4) is 0 Å². The van der Waals surface area contributed by atoms with Gasteiger partial charge in [-0.15, -0.1) is 11.3 Å². The van der Waals surface area contributed by atoms with Crippen molar-refractivity contribution in [3.63, 3.8) is 0 Å². The zero-order valence-electron chi connectivity index (χ0n) is 11.0. The Balaban J connectivity index is 1.77. The van der Waals surface area contributed by atoms with Gasteiger partial charge >= 0.3 is 0 Å². The van der Waals surface area contributed by atoms with Gasteiger partial charge in [-0.2, -0.15) is 0 Å². The highest BCUT2D eigenvalue weighted by Gasteiger charge is 2.22. The fraction of sp³-hybridized carbons (Fsp3) is 0.692. The maximum absolute atomic E-state index is 9.81. The Labute approximate surface area is 122 Å². The van der Waals surface area contributed by atoms with Gasteiger partial charge in [-0.05, 0) is 46.8 Å². The SMILES string of the molecule is CC(C)(O)CN1CCN(Cc2csc(Br)c2)CC1. The summed E-state index contributed by atoms with van der Waals surface area (Å²) in [5, 5.41) is 12.0. The monoisotopic (exact) mass is 332 g/mol. The molecule has 1 aromatic rings. The lowest BCUT2D eigenvalue weighted by Gasteiger charge is -2.37. The van der Waals surface area contributed by atoms with E-state index in [1.54, 1.807) is 11.3 Å². The van der Waals surface area contributed by atoms with Gasteiger partial charge in [0.2, 0.25) is 0 Å². The van der Waals surface area contributed by atoms with Crippen LogP contribution in [0.3, 0.4) is 0 Å². The zero-order chi connectivity index (χ0) is 13.2. The number of halogens is 1. The van der Waals surface area contributed by atoms with Crippen molar-refractivity contribution in [1.29, 1.82) is 0 Å². The molecule has 1 aliphatic heterocycles. The molecule has 0 amide bonds. The normalized spacial score (nSPS) is 19.3. The predicted octanol–water partition coefficient (Wildman–Crippen LogP) is 2.40. The number of thiophene rings is 1. The van der Waals surface area contributed by atoms with Crippen molar-refractivity contribution in [2.45, 2.75) is 26.0 Å². The van der Waals surface area contributed by atoms with E-state index in [0.717, 1.165) is 39.3 Å². The summed E-state index contributed by atoms with van der Waals surface area (Å²) in [6, 6.07) is 2.20. The molecule has 5 heteroatoms. The predicted molar refractivity (Wildman–Crippen MR) is 80.0 cm³/mol. The van der Waals surface area contributed by atoms with Crippen LogP contribution >= 0.6 is 27.3 Å². The van der Waals surface area contributed by atoms with Crippen LogP contribution in [0.1, 0.15) is 19.4 Å².